The third-order valence-corrected chi connectivity index (χ3v) is 4.21. The van der Waals surface area contributed by atoms with Crippen LogP contribution < -0.4 is 5.32 Å². The predicted octanol–water partition coefficient (Wildman–Crippen LogP) is 6.06. The molecule has 2 rings (SSSR count). The van der Waals surface area contributed by atoms with Crippen LogP contribution in [0.2, 0.25) is 15.1 Å². The van der Waals surface area contributed by atoms with Gasteiger partial charge in [-0.2, -0.15) is 0 Å². The number of ether oxygens (including phenoxy) is 1. The predicted molar refractivity (Wildman–Crippen MR) is 96.2 cm³/mol. The Morgan fingerprint density at radius 2 is 1.83 bits per heavy atom. The maximum absolute atomic E-state index is 12.0. The van der Waals surface area contributed by atoms with Crippen molar-refractivity contribution in [3.63, 3.8) is 0 Å². The van der Waals surface area contributed by atoms with E-state index in [0.717, 1.165) is 0 Å². The molecule has 0 saturated heterocycles. The van der Waals surface area contributed by atoms with Crippen molar-refractivity contribution in [1.29, 1.82) is 0 Å². The number of carbonyl (C=O) groups is 1. The molecule has 0 aromatic heterocycles. The molecular formula is C17H16Cl3NO2. The molecule has 0 aliphatic carbocycles. The second-order valence-electron chi connectivity index (χ2n) is 4.93. The van der Waals surface area contributed by atoms with E-state index in [2.05, 4.69) is 5.32 Å². The molecular weight excluding hydrogens is 357 g/mol. The van der Waals surface area contributed by atoms with E-state index in [4.69, 9.17) is 39.5 Å². The molecule has 23 heavy (non-hydrogen) atoms. The maximum Gasteiger partial charge on any atom is 0.313 e. The first-order valence-electron chi connectivity index (χ1n) is 7.11. The standard InChI is InChI=1S/C17H16Cl3NO2/c1-3-23-17(22)10(2)12-9-11(18)7-8-15(12)21-16-13(19)5-4-6-14(16)20/h4-10,21H,3H2,1-2H3. The number of nitrogens with one attached hydrogen (secondary N) is 1. The summed E-state index contributed by atoms with van der Waals surface area (Å²) in [5.74, 6) is -0.791. The number of hydrogen-bond donors (Lipinski definition) is 1. The van der Waals surface area contributed by atoms with E-state index in [-0.39, 0.29) is 5.97 Å². The molecule has 0 aliphatic rings. The van der Waals surface area contributed by atoms with Crippen molar-refractivity contribution in [3.8, 4) is 0 Å². The van der Waals surface area contributed by atoms with Gasteiger partial charge < -0.3 is 10.1 Å². The highest BCUT2D eigenvalue weighted by molar-refractivity contribution is 6.39. The lowest BCUT2D eigenvalue weighted by atomic mass is 9.99. The molecule has 0 amide bonds. The summed E-state index contributed by atoms with van der Waals surface area (Å²) in [5.41, 5.74) is 1.99. The Kier molecular flexibility index (Phi) is 6.17. The Balaban J connectivity index is 2.41. The van der Waals surface area contributed by atoms with E-state index >= 15 is 0 Å². The van der Waals surface area contributed by atoms with Crippen LogP contribution in [0.4, 0.5) is 11.4 Å². The fraction of sp³-hybridized carbons (Fsp3) is 0.235. The van der Waals surface area contributed by atoms with Gasteiger partial charge >= 0.3 is 5.97 Å². The average molecular weight is 373 g/mol. The minimum atomic E-state index is -0.475. The summed E-state index contributed by atoms with van der Waals surface area (Å²) in [7, 11) is 0. The van der Waals surface area contributed by atoms with Crippen molar-refractivity contribution >= 4 is 52.1 Å². The first-order chi connectivity index (χ1) is 10.9. The summed E-state index contributed by atoms with van der Waals surface area (Å²) in [5, 5.41) is 4.69. The number of rotatable bonds is 5. The van der Waals surface area contributed by atoms with Gasteiger partial charge in [0.1, 0.15) is 0 Å². The van der Waals surface area contributed by atoms with Crippen molar-refractivity contribution in [2.24, 2.45) is 0 Å². The smallest absolute Gasteiger partial charge is 0.313 e. The van der Waals surface area contributed by atoms with Gasteiger partial charge in [-0.15, -0.1) is 0 Å². The number of esters is 1. The van der Waals surface area contributed by atoms with Crippen LogP contribution >= 0.6 is 34.8 Å². The Morgan fingerprint density at radius 3 is 2.43 bits per heavy atom. The van der Waals surface area contributed by atoms with Gasteiger partial charge in [0.15, 0.2) is 0 Å². The van der Waals surface area contributed by atoms with Gasteiger partial charge in [0.05, 0.1) is 28.3 Å². The Hall–Kier alpha value is -1.42. The van der Waals surface area contributed by atoms with E-state index in [1.165, 1.54) is 0 Å². The number of para-hydroxylation sites is 1. The summed E-state index contributed by atoms with van der Waals surface area (Å²) < 4.78 is 5.09. The third kappa shape index (κ3) is 4.31. The Bertz CT molecular complexity index is 699. The normalized spacial score (nSPS) is 11.9. The lowest BCUT2D eigenvalue weighted by Crippen LogP contribution is -2.14. The Morgan fingerprint density at radius 1 is 1.17 bits per heavy atom. The zero-order valence-electron chi connectivity index (χ0n) is 12.7. The average Bonchev–Trinajstić information content (AvgIpc) is 2.51. The van der Waals surface area contributed by atoms with Crippen LogP contribution in [-0.4, -0.2) is 12.6 Å². The molecule has 0 spiro atoms. The SMILES string of the molecule is CCOC(=O)C(C)c1cc(Cl)ccc1Nc1c(Cl)cccc1Cl. The molecule has 0 heterocycles. The molecule has 0 saturated carbocycles. The minimum absolute atomic E-state index is 0.317. The number of benzene rings is 2. The van der Waals surface area contributed by atoms with Gasteiger partial charge in [-0.25, -0.2) is 0 Å². The quantitative estimate of drug-likeness (QED) is 0.649. The van der Waals surface area contributed by atoms with Gasteiger partial charge in [0, 0.05) is 10.7 Å². The highest BCUT2D eigenvalue weighted by Crippen LogP contribution is 2.36. The molecule has 1 unspecified atom stereocenters. The van der Waals surface area contributed by atoms with Crippen LogP contribution in [0, 0.1) is 0 Å². The van der Waals surface area contributed by atoms with Gasteiger partial charge in [-0.05, 0) is 49.7 Å². The molecule has 1 atom stereocenters. The van der Waals surface area contributed by atoms with E-state index in [9.17, 15) is 4.79 Å². The zero-order valence-corrected chi connectivity index (χ0v) is 15.0. The van der Waals surface area contributed by atoms with Crippen molar-refractivity contribution in [3.05, 3.63) is 57.0 Å². The van der Waals surface area contributed by atoms with Crippen LogP contribution in [0.5, 0.6) is 0 Å². The fourth-order valence-corrected chi connectivity index (χ4v) is 2.82. The lowest BCUT2D eigenvalue weighted by Gasteiger charge is -2.18. The highest BCUT2D eigenvalue weighted by Gasteiger charge is 2.21. The number of carbonyl (C=O) groups excluding carboxylic acids is 1. The van der Waals surface area contributed by atoms with Crippen molar-refractivity contribution < 1.29 is 9.53 Å². The van der Waals surface area contributed by atoms with Crippen molar-refractivity contribution in [2.45, 2.75) is 19.8 Å². The van der Waals surface area contributed by atoms with Gasteiger partial charge in [-0.3, -0.25) is 4.79 Å². The molecule has 1 N–H and O–H groups in total. The molecule has 2 aromatic carbocycles. The minimum Gasteiger partial charge on any atom is -0.466 e. The lowest BCUT2D eigenvalue weighted by molar-refractivity contribution is -0.144. The number of anilines is 2. The van der Waals surface area contributed by atoms with E-state index in [1.54, 1.807) is 50.2 Å². The van der Waals surface area contributed by atoms with Gasteiger partial charge in [-0.1, -0.05) is 40.9 Å². The summed E-state index contributed by atoms with van der Waals surface area (Å²) in [6.45, 7) is 3.86. The molecule has 0 fully saturated rings. The number of hydrogen-bond acceptors (Lipinski definition) is 3. The summed E-state index contributed by atoms with van der Waals surface area (Å²) in [4.78, 5) is 12.0. The second-order valence-corrected chi connectivity index (χ2v) is 6.18. The van der Waals surface area contributed by atoms with E-state index in [0.29, 0.717) is 38.6 Å². The fourth-order valence-electron chi connectivity index (χ4n) is 2.15. The van der Waals surface area contributed by atoms with Crippen LogP contribution in [0.1, 0.15) is 25.3 Å². The molecule has 2 aromatic rings. The molecule has 0 aliphatic heterocycles. The first-order valence-corrected chi connectivity index (χ1v) is 8.24. The van der Waals surface area contributed by atoms with Crippen LogP contribution in [0.25, 0.3) is 0 Å². The molecule has 0 bridgehead atoms. The van der Waals surface area contributed by atoms with E-state index in [1.807, 2.05) is 0 Å². The summed E-state index contributed by atoms with van der Waals surface area (Å²) in [6, 6.07) is 10.5. The molecule has 3 nitrogen and oxygen atoms in total. The molecule has 122 valence electrons. The summed E-state index contributed by atoms with van der Waals surface area (Å²) >= 11 is 18.5. The summed E-state index contributed by atoms with van der Waals surface area (Å²) in [6.07, 6.45) is 0. The second kappa shape index (κ2) is 7.91. The molecule has 6 heteroatoms. The Labute approximate surface area is 150 Å². The third-order valence-electron chi connectivity index (χ3n) is 3.34. The van der Waals surface area contributed by atoms with Gasteiger partial charge in [0.2, 0.25) is 0 Å². The first kappa shape index (κ1) is 17.9. The molecule has 0 radical (unpaired) electrons. The van der Waals surface area contributed by atoms with Crippen LogP contribution in [0.15, 0.2) is 36.4 Å². The van der Waals surface area contributed by atoms with E-state index < -0.39 is 5.92 Å². The highest BCUT2D eigenvalue weighted by atomic mass is 35.5. The monoisotopic (exact) mass is 371 g/mol. The van der Waals surface area contributed by atoms with Crippen molar-refractivity contribution in [2.75, 3.05) is 11.9 Å². The van der Waals surface area contributed by atoms with Gasteiger partial charge in [0.25, 0.3) is 0 Å². The maximum atomic E-state index is 12.0. The van der Waals surface area contributed by atoms with Crippen molar-refractivity contribution in [1.82, 2.24) is 0 Å². The van der Waals surface area contributed by atoms with Crippen LogP contribution in [-0.2, 0) is 9.53 Å². The zero-order chi connectivity index (χ0) is 17.0. The van der Waals surface area contributed by atoms with Crippen LogP contribution in [0.3, 0.4) is 0 Å². The number of halogens is 3. The topological polar surface area (TPSA) is 38.3 Å². The largest absolute Gasteiger partial charge is 0.466 e.